The lowest BCUT2D eigenvalue weighted by atomic mass is 9.84. The summed E-state index contributed by atoms with van der Waals surface area (Å²) in [6.45, 7) is 3.45. The first-order valence-corrected chi connectivity index (χ1v) is 11.2. The van der Waals surface area contributed by atoms with Gasteiger partial charge in [0.2, 0.25) is 5.91 Å². The van der Waals surface area contributed by atoms with Crippen LogP contribution in [-0.4, -0.2) is 80.0 Å². The number of nitrogens with one attached hydrogen (secondary N) is 2. The molecule has 3 aliphatic rings. The molecule has 2 atom stereocenters. The molecule has 1 aliphatic carbocycles. The molecule has 2 unspecified atom stereocenters. The van der Waals surface area contributed by atoms with Crippen LogP contribution in [0, 0.1) is 17.2 Å². The molecule has 0 bridgehead atoms. The molecule has 1 saturated carbocycles. The smallest absolute Gasteiger partial charge is 0.379 e. The van der Waals surface area contributed by atoms with Crippen molar-refractivity contribution in [3.05, 3.63) is 0 Å². The minimum absolute atomic E-state index is 0.295. The molecule has 3 rings (SSSR count). The number of likely N-dealkylation sites (tertiary alicyclic amines) is 1. The fourth-order valence-electron chi connectivity index (χ4n) is 4.73. The molecule has 3 fully saturated rings. The van der Waals surface area contributed by atoms with Crippen LogP contribution in [0.5, 0.6) is 0 Å². The molecule has 2 N–H and O–H groups in total. The highest BCUT2D eigenvalue weighted by molar-refractivity contribution is 5.86. The Kier molecular flexibility index (Phi) is 8.31. The van der Waals surface area contributed by atoms with Gasteiger partial charge in [-0.05, 0) is 38.8 Å². The van der Waals surface area contributed by atoms with Crippen molar-refractivity contribution in [2.24, 2.45) is 5.92 Å². The number of carbonyl (C=O) groups excluding carboxylic acids is 2. The number of amides is 2. The van der Waals surface area contributed by atoms with Gasteiger partial charge in [0.15, 0.2) is 0 Å². The van der Waals surface area contributed by atoms with Crippen molar-refractivity contribution >= 4 is 12.0 Å². The van der Waals surface area contributed by atoms with Crippen LogP contribution in [0.2, 0.25) is 0 Å². The largest absolute Gasteiger partial charge is 0.426 e. The van der Waals surface area contributed by atoms with Gasteiger partial charge in [-0.15, -0.1) is 5.06 Å². The molecule has 2 aliphatic heterocycles. The number of hydroxylamine groups is 2. The van der Waals surface area contributed by atoms with Crippen molar-refractivity contribution in [1.29, 1.82) is 5.26 Å². The van der Waals surface area contributed by atoms with Gasteiger partial charge in [-0.1, -0.05) is 32.1 Å². The average molecular weight is 422 g/mol. The Balaban J connectivity index is 1.63. The number of rotatable bonds is 6. The van der Waals surface area contributed by atoms with E-state index in [0.29, 0.717) is 51.6 Å². The van der Waals surface area contributed by atoms with E-state index >= 15 is 0 Å². The summed E-state index contributed by atoms with van der Waals surface area (Å²) in [5, 5.41) is 17.1. The fraction of sp³-hybridized carbons (Fsp3) is 0.857. The van der Waals surface area contributed by atoms with Crippen LogP contribution in [0.15, 0.2) is 0 Å². The summed E-state index contributed by atoms with van der Waals surface area (Å²) in [5.74, 6) is 0.0987. The summed E-state index contributed by atoms with van der Waals surface area (Å²) in [7, 11) is 1.95. The first-order valence-electron chi connectivity index (χ1n) is 11.2. The first-order chi connectivity index (χ1) is 14.5. The predicted octanol–water partition coefficient (Wildman–Crippen LogP) is 1.40. The van der Waals surface area contributed by atoms with Crippen LogP contribution in [0.3, 0.4) is 0 Å². The molecule has 2 amide bonds. The van der Waals surface area contributed by atoms with Gasteiger partial charge in [-0.25, -0.2) is 4.79 Å². The fourth-order valence-corrected chi connectivity index (χ4v) is 4.73. The molecule has 0 aromatic heterocycles. The lowest BCUT2D eigenvalue weighted by Crippen LogP contribution is -2.61. The Morgan fingerprint density at radius 3 is 2.60 bits per heavy atom. The van der Waals surface area contributed by atoms with Gasteiger partial charge in [-0.2, -0.15) is 5.26 Å². The zero-order valence-electron chi connectivity index (χ0n) is 18.0. The number of hydrogen-bond donors (Lipinski definition) is 2. The topological polar surface area (TPSA) is 107 Å². The number of nitriles is 1. The molecule has 0 spiro atoms. The van der Waals surface area contributed by atoms with Crippen LogP contribution >= 0.6 is 0 Å². The molecule has 0 aromatic carbocycles. The molecule has 168 valence electrons. The zero-order valence-corrected chi connectivity index (χ0v) is 18.0. The number of nitrogens with zero attached hydrogens (tertiary/aromatic N) is 3. The Hall–Kier alpha value is -1.89. The summed E-state index contributed by atoms with van der Waals surface area (Å²) >= 11 is 0. The average Bonchev–Trinajstić information content (AvgIpc) is 2.74. The van der Waals surface area contributed by atoms with Crippen molar-refractivity contribution in [2.75, 3.05) is 46.4 Å². The maximum absolute atomic E-state index is 13.2. The van der Waals surface area contributed by atoms with Crippen LogP contribution in [-0.2, 0) is 14.4 Å². The third kappa shape index (κ3) is 6.56. The maximum Gasteiger partial charge on any atom is 0.426 e. The van der Waals surface area contributed by atoms with Gasteiger partial charge < -0.3 is 25.1 Å². The van der Waals surface area contributed by atoms with E-state index in [4.69, 9.17) is 9.57 Å². The van der Waals surface area contributed by atoms with E-state index in [0.717, 1.165) is 38.6 Å². The van der Waals surface area contributed by atoms with Gasteiger partial charge >= 0.3 is 6.09 Å². The van der Waals surface area contributed by atoms with Gasteiger partial charge in [-0.3, -0.25) is 4.79 Å². The first kappa shape index (κ1) is 22.8. The van der Waals surface area contributed by atoms with Gasteiger partial charge in [0.25, 0.3) is 0 Å². The summed E-state index contributed by atoms with van der Waals surface area (Å²) in [6.07, 6.45) is 7.09. The van der Waals surface area contributed by atoms with Crippen molar-refractivity contribution < 1.29 is 19.2 Å². The van der Waals surface area contributed by atoms with Crippen molar-refractivity contribution in [3.63, 3.8) is 0 Å². The van der Waals surface area contributed by atoms with E-state index in [1.165, 1.54) is 6.42 Å². The highest BCUT2D eigenvalue weighted by Crippen LogP contribution is 2.28. The van der Waals surface area contributed by atoms with Crippen LogP contribution in [0.4, 0.5) is 4.79 Å². The minimum Gasteiger partial charge on any atom is -0.379 e. The third-order valence-corrected chi connectivity index (χ3v) is 6.34. The van der Waals surface area contributed by atoms with Crippen LogP contribution in [0.25, 0.3) is 0 Å². The highest BCUT2D eigenvalue weighted by atomic mass is 16.7. The summed E-state index contributed by atoms with van der Waals surface area (Å²) in [5.41, 5.74) is -0.912. The Labute approximate surface area is 179 Å². The van der Waals surface area contributed by atoms with E-state index in [2.05, 4.69) is 21.6 Å². The van der Waals surface area contributed by atoms with Crippen LogP contribution in [0.1, 0.15) is 51.4 Å². The SMILES string of the molecule is CN1CCCC(C#N)(NC(=O)C(CC2CCCCC2)NC(=O)ON2CCOCC2)C1. The zero-order chi connectivity index (χ0) is 21.4. The van der Waals surface area contributed by atoms with E-state index < -0.39 is 17.7 Å². The van der Waals surface area contributed by atoms with Crippen LogP contribution < -0.4 is 10.6 Å². The molecule has 30 heavy (non-hydrogen) atoms. The lowest BCUT2D eigenvalue weighted by molar-refractivity contribution is -0.147. The number of morpholine rings is 1. The second-order valence-corrected chi connectivity index (χ2v) is 8.88. The lowest BCUT2D eigenvalue weighted by Gasteiger charge is -2.38. The Bertz CT molecular complexity index is 627. The minimum atomic E-state index is -0.912. The highest BCUT2D eigenvalue weighted by Gasteiger charge is 2.38. The molecule has 2 heterocycles. The van der Waals surface area contributed by atoms with E-state index in [1.807, 2.05) is 7.05 Å². The maximum atomic E-state index is 13.2. The summed E-state index contributed by atoms with van der Waals surface area (Å²) in [4.78, 5) is 33.1. The summed E-state index contributed by atoms with van der Waals surface area (Å²) in [6, 6.07) is 1.61. The van der Waals surface area contributed by atoms with Gasteiger partial charge in [0, 0.05) is 6.54 Å². The monoisotopic (exact) mass is 421 g/mol. The standard InChI is InChI=1S/C21H35N5O4/c1-25-9-5-8-21(15-22,16-25)24-19(27)18(14-17-6-3-2-4-7-17)23-20(28)30-26-10-12-29-13-11-26/h17-18H,2-14,16H2,1H3,(H,23,28)(H,24,27). The van der Waals surface area contributed by atoms with E-state index in [1.54, 1.807) is 5.06 Å². The predicted molar refractivity (Wildman–Crippen MR) is 110 cm³/mol. The van der Waals surface area contributed by atoms with Crippen molar-refractivity contribution in [1.82, 2.24) is 20.6 Å². The second kappa shape index (κ2) is 10.9. The number of likely N-dealkylation sites (N-methyl/N-ethyl adjacent to an activating group) is 1. The second-order valence-electron chi connectivity index (χ2n) is 8.88. The van der Waals surface area contributed by atoms with Gasteiger partial charge in [0.1, 0.15) is 11.6 Å². The quantitative estimate of drug-likeness (QED) is 0.668. The van der Waals surface area contributed by atoms with Crippen molar-refractivity contribution in [2.45, 2.75) is 62.9 Å². The molecule has 9 heteroatoms. The Morgan fingerprint density at radius 1 is 1.20 bits per heavy atom. The molecular weight excluding hydrogens is 386 g/mol. The number of piperidine rings is 1. The molecule has 0 aromatic rings. The summed E-state index contributed by atoms with van der Waals surface area (Å²) < 4.78 is 5.27. The van der Waals surface area contributed by atoms with E-state index in [-0.39, 0.29) is 5.91 Å². The van der Waals surface area contributed by atoms with Gasteiger partial charge in [0.05, 0.1) is 32.4 Å². The molecular formula is C21H35N5O4. The number of carbonyl (C=O) groups is 2. The number of hydrogen-bond acceptors (Lipinski definition) is 7. The van der Waals surface area contributed by atoms with E-state index in [9.17, 15) is 14.9 Å². The number of ether oxygens (including phenoxy) is 1. The van der Waals surface area contributed by atoms with Crippen molar-refractivity contribution in [3.8, 4) is 6.07 Å². The normalized spacial score (nSPS) is 27.6. The molecule has 2 saturated heterocycles. The molecule has 9 nitrogen and oxygen atoms in total. The Morgan fingerprint density at radius 2 is 1.93 bits per heavy atom. The molecule has 0 radical (unpaired) electrons. The third-order valence-electron chi connectivity index (χ3n) is 6.34.